The second kappa shape index (κ2) is 9.97. The van der Waals surface area contributed by atoms with Crippen molar-refractivity contribution in [1.82, 2.24) is 9.80 Å². The Morgan fingerprint density at radius 2 is 2.00 bits per heavy atom. The average molecular weight is 461 g/mol. The number of carbonyl (C=O) groups excluding carboxylic acids is 3. The molecule has 8 heteroatoms. The van der Waals surface area contributed by atoms with E-state index < -0.39 is 41.6 Å². The van der Waals surface area contributed by atoms with Gasteiger partial charge in [0, 0.05) is 13.1 Å². The number of rotatable bonds is 6. The lowest BCUT2D eigenvalue weighted by atomic mass is 9.78. The number of likely N-dealkylation sites (tertiary alicyclic amines) is 1. The first-order chi connectivity index (χ1) is 16.0. The molecule has 0 radical (unpaired) electrons. The Balaban J connectivity index is 1.81. The first-order valence-corrected chi connectivity index (χ1v) is 12.4. The standard InChI is InChI=1S/C25H36N2O6/c1-3-5-13-26-14-10-12-25-20(22(29)27(17(4-2)16-28)21(25)23(26)30)19-18(33-25)11-8-6-7-9-15-32-24(19)31/h8,10-12,17-21,28H,3-7,9,13-16H2,1-2H3/b11-8-/t17-,18+,19-,20-,21?,25-/m0/s1. The number of allylic oxidation sites excluding steroid dienone is 1. The van der Waals surface area contributed by atoms with Gasteiger partial charge in [-0.05, 0) is 32.1 Å². The number of fused-ring (bicyclic) bond motifs is 2. The molecular formula is C25H36N2O6. The third-order valence-electron chi connectivity index (χ3n) is 7.48. The van der Waals surface area contributed by atoms with Gasteiger partial charge in [0.25, 0.3) is 0 Å². The third-order valence-corrected chi connectivity index (χ3v) is 7.48. The monoisotopic (exact) mass is 460 g/mol. The summed E-state index contributed by atoms with van der Waals surface area (Å²) in [6, 6.07) is -1.44. The number of unbranched alkanes of at least 4 members (excludes halogenated alkanes) is 1. The molecular weight excluding hydrogens is 424 g/mol. The van der Waals surface area contributed by atoms with E-state index in [2.05, 4.69) is 6.92 Å². The van der Waals surface area contributed by atoms with E-state index in [1.165, 1.54) is 4.90 Å². The van der Waals surface area contributed by atoms with Gasteiger partial charge in [0.15, 0.2) is 0 Å². The van der Waals surface area contributed by atoms with E-state index in [4.69, 9.17) is 9.47 Å². The molecule has 0 aromatic carbocycles. The van der Waals surface area contributed by atoms with E-state index >= 15 is 0 Å². The molecule has 1 N–H and O–H groups in total. The maximum absolute atomic E-state index is 13.9. The molecule has 4 aliphatic rings. The molecule has 4 aliphatic heterocycles. The van der Waals surface area contributed by atoms with Crippen molar-refractivity contribution in [2.24, 2.45) is 11.8 Å². The minimum atomic E-state index is -1.26. The van der Waals surface area contributed by atoms with Crippen LogP contribution in [-0.2, 0) is 23.9 Å². The zero-order valence-electron chi connectivity index (χ0n) is 19.7. The predicted molar refractivity (Wildman–Crippen MR) is 121 cm³/mol. The summed E-state index contributed by atoms with van der Waals surface area (Å²) < 4.78 is 12.1. The van der Waals surface area contributed by atoms with E-state index in [9.17, 15) is 19.5 Å². The van der Waals surface area contributed by atoms with E-state index in [0.29, 0.717) is 26.1 Å². The zero-order chi connectivity index (χ0) is 23.6. The maximum atomic E-state index is 13.9. The number of ether oxygens (including phenoxy) is 2. The van der Waals surface area contributed by atoms with Gasteiger partial charge in [0.2, 0.25) is 11.8 Å². The highest BCUT2D eigenvalue weighted by molar-refractivity contribution is 5.99. The fraction of sp³-hybridized carbons (Fsp3) is 0.720. The number of amides is 2. The summed E-state index contributed by atoms with van der Waals surface area (Å²) in [5.74, 6) is -2.64. The van der Waals surface area contributed by atoms with Crippen molar-refractivity contribution in [2.45, 2.75) is 76.2 Å². The Bertz CT molecular complexity index is 822. The van der Waals surface area contributed by atoms with Crippen molar-refractivity contribution in [3.63, 3.8) is 0 Å². The highest BCUT2D eigenvalue weighted by atomic mass is 16.6. The third kappa shape index (κ3) is 4.01. The van der Waals surface area contributed by atoms with Crippen molar-refractivity contribution >= 4 is 17.8 Å². The van der Waals surface area contributed by atoms with Gasteiger partial charge in [0.1, 0.15) is 17.6 Å². The van der Waals surface area contributed by atoms with Crippen LogP contribution in [0.15, 0.2) is 24.3 Å². The van der Waals surface area contributed by atoms with Gasteiger partial charge in [-0.15, -0.1) is 0 Å². The average Bonchev–Trinajstić information content (AvgIpc) is 3.20. The van der Waals surface area contributed by atoms with Crippen molar-refractivity contribution in [2.75, 3.05) is 26.3 Å². The van der Waals surface area contributed by atoms with Gasteiger partial charge in [-0.25, -0.2) is 0 Å². The summed E-state index contributed by atoms with van der Waals surface area (Å²) >= 11 is 0. The summed E-state index contributed by atoms with van der Waals surface area (Å²) in [5, 5.41) is 10.1. The molecule has 2 fully saturated rings. The summed E-state index contributed by atoms with van der Waals surface area (Å²) in [4.78, 5) is 44.3. The first kappa shape index (κ1) is 24.0. The maximum Gasteiger partial charge on any atom is 0.312 e. The fourth-order valence-corrected chi connectivity index (χ4v) is 5.76. The van der Waals surface area contributed by atoms with Crippen LogP contribution in [0.25, 0.3) is 0 Å². The minimum absolute atomic E-state index is 0.183. The van der Waals surface area contributed by atoms with E-state index in [0.717, 1.165) is 32.1 Å². The SMILES string of the molecule is CCCCN1CC=C[C@]23O[C@@H]4/C=C\CCCCOC(=O)[C@@H]4[C@H]2C(=O)N([C@@H](CC)CO)C3C1=O. The molecule has 0 aromatic rings. The molecule has 4 heterocycles. The zero-order valence-corrected chi connectivity index (χ0v) is 19.7. The second-order valence-electron chi connectivity index (χ2n) is 9.46. The Labute approximate surface area is 195 Å². The van der Waals surface area contributed by atoms with Crippen LogP contribution in [0.2, 0.25) is 0 Å². The molecule has 182 valence electrons. The van der Waals surface area contributed by atoms with Gasteiger partial charge in [-0.2, -0.15) is 0 Å². The number of carbonyl (C=O) groups is 3. The van der Waals surface area contributed by atoms with E-state index in [-0.39, 0.29) is 18.4 Å². The van der Waals surface area contributed by atoms with Gasteiger partial charge in [0.05, 0.1) is 31.3 Å². The van der Waals surface area contributed by atoms with E-state index in [1.807, 2.05) is 31.2 Å². The van der Waals surface area contributed by atoms with Crippen LogP contribution in [0.5, 0.6) is 0 Å². The van der Waals surface area contributed by atoms with Crippen LogP contribution in [0.3, 0.4) is 0 Å². The lowest BCUT2D eigenvalue weighted by Gasteiger charge is -2.38. The Kier molecular flexibility index (Phi) is 7.24. The molecule has 2 amide bonds. The molecule has 0 aliphatic carbocycles. The largest absolute Gasteiger partial charge is 0.465 e. The molecule has 0 aromatic heterocycles. The number of hydrogen-bond donors (Lipinski definition) is 1. The summed E-state index contributed by atoms with van der Waals surface area (Å²) in [6.45, 7) is 5.02. The molecule has 8 nitrogen and oxygen atoms in total. The van der Waals surface area contributed by atoms with Gasteiger partial charge >= 0.3 is 5.97 Å². The Morgan fingerprint density at radius 1 is 1.18 bits per heavy atom. The molecule has 1 unspecified atom stereocenters. The van der Waals surface area contributed by atoms with Gasteiger partial charge in [-0.1, -0.05) is 44.6 Å². The number of esters is 1. The van der Waals surface area contributed by atoms with E-state index in [1.54, 1.807) is 4.90 Å². The van der Waals surface area contributed by atoms with Crippen LogP contribution in [-0.4, -0.2) is 82.8 Å². The van der Waals surface area contributed by atoms with Gasteiger partial charge in [-0.3, -0.25) is 14.4 Å². The summed E-state index contributed by atoms with van der Waals surface area (Å²) in [6.07, 6.45) is 11.8. The minimum Gasteiger partial charge on any atom is -0.465 e. The van der Waals surface area contributed by atoms with Crippen LogP contribution in [0.1, 0.15) is 52.4 Å². The molecule has 33 heavy (non-hydrogen) atoms. The van der Waals surface area contributed by atoms with Gasteiger partial charge < -0.3 is 24.4 Å². The fourth-order valence-electron chi connectivity index (χ4n) is 5.76. The molecule has 1 spiro atoms. The molecule has 0 saturated carbocycles. The quantitative estimate of drug-likeness (QED) is 0.480. The number of nitrogens with zero attached hydrogens (tertiary/aromatic N) is 2. The van der Waals surface area contributed by atoms with Crippen LogP contribution in [0, 0.1) is 11.8 Å². The predicted octanol–water partition coefficient (Wildman–Crippen LogP) is 1.82. The smallest absolute Gasteiger partial charge is 0.312 e. The molecule has 4 rings (SSSR count). The van der Waals surface area contributed by atoms with Crippen molar-refractivity contribution in [3.05, 3.63) is 24.3 Å². The lowest BCUT2D eigenvalue weighted by molar-refractivity contribution is -0.156. The van der Waals surface area contributed by atoms with Crippen LogP contribution >= 0.6 is 0 Å². The highest BCUT2D eigenvalue weighted by Gasteiger charge is 2.72. The normalized spacial score (nSPS) is 36.0. The summed E-state index contributed by atoms with van der Waals surface area (Å²) in [5.41, 5.74) is -1.26. The molecule has 2 saturated heterocycles. The second-order valence-corrected chi connectivity index (χ2v) is 9.46. The number of aliphatic hydroxyl groups is 1. The lowest BCUT2D eigenvalue weighted by Crippen LogP contribution is -2.58. The molecule has 0 bridgehead atoms. The number of aliphatic hydroxyl groups excluding tert-OH is 1. The van der Waals surface area contributed by atoms with Crippen molar-refractivity contribution in [3.8, 4) is 0 Å². The van der Waals surface area contributed by atoms with Crippen molar-refractivity contribution < 1.29 is 29.0 Å². The topological polar surface area (TPSA) is 96.4 Å². The number of cyclic esters (lactones) is 1. The van der Waals surface area contributed by atoms with Crippen molar-refractivity contribution in [1.29, 1.82) is 0 Å². The molecule has 6 atom stereocenters. The summed E-state index contributed by atoms with van der Waals surface area (Å²) in [7, 11) is 0. The Hall–Kier alpha value is -2.19. The highest BCUT2D eigenvalue weighted by Crippen LogP contribution is 2.53. The van der Waals surface area contributed by atoms with Crippen LogP contribution in [0.4, 0.5) is 0 Å². The number of hydrogen-bond acceptors (Lipinski definition) is 6. The first-order valence-electron chi connectivity index (χ1n) is 12.4. The Morgan fingerprint density at radius 3 is 2.73 bits per heavy atom. The van der Waals surface area contributed by atoms with Crippen LogP contribution < -0.4 is 0 Å².